The molecule has 0 saturated carbocycles. The van der Waals surface area contributed by atoms with Crippen LogP contribution in [-0.2, 0) is 6.61 Å². The Morgan fingerprint density at radius 3 is 2.68 bits per heavy atom. The van der Waals surface area contributed by atoms with E-state index in [4.69, 9.17) is 22.9 Å². The molecule has 0 radical (unpaired) electrons. The van der Waals surface area contributed by atoms with E-state index in [0.717, 1.165) is 12.1 Å². The van der Waals surface area contributed by atoms with Gasteiger partial charge < -0.3 is 4.74 Å². The first-order valence-electron chi connectivity index (χ1n) is 5.21. The first-order chi connectivity index (χ1) is 9.10. The zero-order chi connectivity index (χ0) is 13.8. The van der Waals surface area contributed by atoms with E-state index in [-0.39, 0.29) is 28.9 Å². The molecule has 0 atom stereocenters. The Kier molecular flexibility index (Phi) is 3.93. The molecule has 3 nitrogen and oxygen atoms in total. The number of benzene rings is 1. The van der Waals surface area contributed by atoms with E-state index in [9.17, 15) is 8.78 Å². The second-order valence-electron chi connectivity index (χ2n) is 3.60. The Labute approximate surface area is 113 Å². The predicted molar refractivity (Wildman–Crippen MR) is 66.2 cm³/mol. The normalized spacial score (nSPS) is 10.0. The predicted octanol–water partition coefficient (Wildman–Crippen LogP) is 4.14. The number of rotatable bonds is 3. The van der Waals surface area contributed by atoms with Crippen LogP contribution in [0.1, 0.15) is 5.56 Å². The van der Waals surface area contributed by atoms with E-state index in [1.54, 1.807) is 0 Å². The summed E-state index contributed by atoms with van der Waals surface area (Å²) in [5.74, 6) is -1.56. The van der Waals surface area contributed by atoms with E-state index >= 15 is 0 Å². The highest BCUT2D eigenvalue weighted by molar-refractivity contribution is 6.29. The smallest absolute Gasteiger partial charge is 0.252 e. The van der Waals surface area contributed by atoms with Gasteiger partial charge in [0, 0.05) is 5.56 Å². The minimum atomic E-state index is -0.678. The maximum Gasteiger partial charge on any atom is 0.252 e. The number of hydrogen-bond acceptors (Lipinski definition) is 2. The molecule has 0 spiro atoms. The number of hydrogen-bond donors (Lipinski definition) is 0. The minimum Gasteiger partial charge on any atom is -0.471 e. The summed E-state index contributed by atoms with van der Waals surface area (Å²) in [6, 6.07) is 6.35. The molecule has 0 aliphatic heterocycles. The topological polar surface area (TPSA) is 26.5 Å². The van der Waals surface area contributed by atoms with Crippen LogP contribution in [0.15, 0.2) is 30.3 Å². The Hall–Kier alpha value is -2.19. The molecule has 1 aromatic carbocycles. The van der Waals surface area contributed by atoms with E-state index in [0.29, 0.717) is 0 Å². The third kappa shape index (κ3) is 3.18. The Morgan fingerprint density at radius 2 is 2.00 bits per heavy atom. The minimum absolute atomic E-state index is 0.0835. The SMILES string of the molecule is [C-]#[N+]c1ccc(COc2nc(Cl)ccc2F)c(F)c1. The number of pyridine rings is 1. The van der Waals surface area contributed by atoms with Crippen molar-refractivity contribution in [1.82, 2.24) is 4.98 Å². The summed E-state index contributed by atoms with van der Waals surface area (Å²) in [5, 5.41) is 0.0835. The van der Waals surface area contributed by atoms with Gasteiger partial charge in [-0.1, -0.05) is 23.7 Å². The van der Waals surface area contributed by atoms with Gasteiger partial charge in [-0.15, -0.1) is 0 Å². The average molecular weight is 281 g/mol. The van der Waals surface area contributed by atoms with Crippen LogP contribution in [-0.4, -0.2) is 4.98 Å². The average Bonchev–Trinajstić information content (AvgIpc) is 2.40. The monoisotopic (exact) mass is 280 g/mol. The number of aromatic nitrogens is 1. The van der Waals surface area contributed by atoms with E-state index in [2.05, 4.69) is 9.83 Å². The molecular weight excluding hydrogens is 274 g/mol. The fourth-order valence-electron chi connectivity index (χ4n) is 1.37. The van der Waals surface area contributed by atoms with E-state index in [1.165, 1.54) is 18.2 Å². The standard InChI is InChI=1S/C13H7ClF2N2O/c1-17-9-3-2-8(11(16)6-9)7-19-13-10(15)4-5-12(14)18-13/h2-6H,7H2. The molecule has 96 valence electrons. The van der Waals surface area contributed by atoms with Crippen molar-refractivity contribution in [2.75, 3.05) is 0 Å². The summed E-state index contributed by atoms with van der Waals surface area (Å²) in [4.78, 5) is 6.74. The zero-order valence-corrected chi connectivity index (χ0v) is 10.3. The molecule has 0 bridgehead atoms. The van der Waals surface area contributed by atoms with Crippen molar-refractivity contribution in [3.05, 3.63) is 64.1 Å². The van der Waals surface area contributed by atoms with Gasteiger partial charge in [0.2, 0.25) is 0 Å². The largest absolute Gasteiger partial charge is 0.471 e. The zero-order valence-electron chi connectivity index (χ0n) is 9.53. The highest BCUT2D eigenvalue weighted by atomic mass is 35.5. The van der Waals surface area contributed by atoms with Crippen LogP contribution in [0, 0.1) is 18.2 Å². The maximum atomic E-state index is 13.6. The highest BCUT2D eigenvalue weighted by Crippen LogP contribution is 2.21. The molecule has 2 rings (SSSR count). The fraction of sp³-hybridized carbons (Fsp3) is 0.0769. The quantitative estimate of drug-likeness (QED) is 0.624. The van der Waals surface area contributed by atoms with Crippen LogP contribution in [0.25, 0.3) is 4.85 Å². The van der Waals surface area contributed by atoms with Gasteiger partial charge in [0.05, 0.1) is 6.57 Å². The van der Waals surface area contributed by atoms with Crippen LogP contribution < -0.4 is 4.74 Å². The summed E-state index contributed by atoms with van der Waals surface area (Å²) in [7, 11) is 0. The molecule has 0 aliphatic rings. The third-order valence-corrected chi connectivity index (χ3v) is 2.52. The van der Waals surface area contributed by atoms with Crippen LogP contribution in [0.3, 0.4) is 0 Å². The van der Waals surface area contributed by atoms with Crippen molar-refractivity contribution < 1.29 is 13.5 Å². The summed E-state index contributed by atoms with van der Waals surface area (Å²) >= 11 is 5.60. The van der Waals surface area contributed by atoms with Crippen LogP contribution >= 0.6 is 11.6 Å². The maximum absolute atomic E-state index is 13.6. The highest BCUT2D eigenvalue weighted by Gasteiger charge is 2.09. The van der Waals surface area contributed by atoms with Gasteiger partial charge in [-0.3, -0.25) is 0 Å². The number of halogens is 3. The molecule has 1 aromatic heterocycles. The molecule has 0 aliphatic carbocycles. The molecule has 0 unspecified atom stereocenters. The molecule has 1 heterocycles. The van der Waals surface area contributed by atoms with E-state index in [1.807, 2.05) is 0 Å². The van der Waals surface area contributed by atoms with Gasteiger partial charge >= 0.3 is 0 Å². The summed E-state index contributed by atoms with van der Waals surface area (Å²) in [6.07, 6.45) is 0. The van der Waals surface area contributed by atoms with Crippen LogP contribution in [0.4, 0.5) is 14.5 Å². The molecule has 0 fully saturated rings. The lowest BCUT2D eigenvalue weighted by atomic mass is 10.2. The van der Waals surface area contributed by atoms with Gasteiger partial charge in [-0.2, -0.15) is 4.98 Å². The molecule has 0 amide bonds. The van der Waals surface area contributed by atoms with Crippen molar-refractivity contribution in [3.8, 4) is 5.88 Å². The molecule has 2 aromatic rings. The summed E-state index contributed by atoms with van der Waals surface area (Å²) < 4.78 is 31.9. The summed E-state index contributed by atoms with van der Waals surface area (Å²) in [6.45, 7) is 6.55. The number of ether oxygens (including phenoxy) is 1. The Bertz CT molecular complexity index is 656. The second-order valence-corrected chi connectivity index (χ2v) is 3.98. The molecule has 6 heteroatoms. The molecule has 0 saturated heterocycles. The van der Waals surface area contributed by atoms with Gasteiger partial charge in [-0.05, 0) is 18.2 Å². The Morgan fingerprint density at radius 1 is 1.21 bits per heavy atom. The lowest BCUT2D eigenvalue weighted by molar-refractivity contribution is 0.272. The molecule has 0 N–H and O–H groups in total. The summed E-state index contributed by atoms with van der Waals surface area (Å²) in [5.41, 5.74) is 0.391. The first-order valence-corrected chi connectivity index (χ1v) is 5.58. The van der Waals surface area contributed by atoms with Gasteiger partial charge in [0.1, 0.15) is 17.6 Å². The van der Waals surface area contributed by atoms with Crippen molar-refractivity contribution in [3.63, 3.8) is 0 Å². The van der Waals surface area contributed by atoms with Crippen molar-refractivity contribution in [2.24, 2.45) is 0 Å². The molecular formula is C13H7ClF2N2O. The van der Waals surface area contributed by atoms with Crippen LogP contribution in [0.2, 0.25) is 5.15 Å². The van der Waals surface area contributed by atoms with Crippen molar-refractivity contribution in [1.29, 1.82) is 0 Å². The van der Waals surface area contributed by atoms with Crippen molar-refractivity contribution >= 4 is 17.3 Å². The lowest BCUT2D eigenvalue weighted by Crippen LogP contribution is -2.01. The van der Waals surface area contributed by atoms with Gasteiger partial charge in [0.15, 0.2) is 11.5 Å². The lowest BCUT2D eigenvalue weighted by Gasteiger charge is -2.07. The fourth-order valence-corrected chi connectivity index (χ4v) is 1.51. The van der Waals surface area contributed by atoms with E-state index < -0.39 is 11.6 Å². The van der Waals surface area contributed by atoms with Gasteiger partial charge in [-0.25, -0.2) is 13.6 Å². The third-order valence-electron chi connectivity index (χ3n) is 2.31. The van der Waals surface area contributed by atoms with Crippen LogP contribution in [0.5, 0.6) is 5.88 Å². The molecule has 19 heavy (non-hydrogen) atoms. The van der Waals surface area contributed by atoms with Crippen molar-refractivity contribution in [2.45, 2.75) is 6.61 Å². The first kappa shape index (κ1) is 13.2. The Balaban J connectivity index is 2.15. The van der Waals surface area contributed by atoms with Gasteiger partial charge in [0.25, 0.3) is 5.88 Å². The second kappa shape index (κ2) is 5.63. The number of nitrogens with zero attached hydrogens (tertiary/aromatic N) is 2.